The highest BCUT2D eigenvalue weighted by Crippen LogP contribution is 2.22. The van der Waals surface area contributed by atoms with Crippen LogP contribution in [0.2, 0.25) is 0 Å². The zero-order chi connectivity index (χ0) is 14.4. The molecule has 0 aromatic heterocycles. The Morgan fingerprint density at radius 1 is 1.24 bits per heavy atom. The van der Waals surface area contributed by atoms with E-state index in [1.54, 1.807) is 7.11 Å². The van der Waals surface area contributed by atoms with Crippen LogP contribution in [0.1, 0.15) is 19.8 Å². The monoisotopic (exact) mass is 314 g/mol. The Hall–Kier alpha value is -0.970. The first-order valence-corrected chi connectivity index (χ1v) is 7.45. The zero-order valence-corrected chi connectivity index (χ0v) is 13.8. The van der Waals surface area contributed by atoms with Gasteiger partial charge >= 0.3 is 0 Å². The van der Waals surface area contributed by atoms with Gasteiger partial charge in [-0.3, -0.25) is 4.90 Å². The van der Waals surface area contributed by atoms with Crippen LogP contribution in [0.25, 0.3) is 0 Å². The van der Waals surface area contributed by atoms with E-state index in [4.69, 9.17) is 15.2 Å². The summed E-state index contributed by atoms with van der Waals surface area (Å²) in [7, 11) is 1.67. The highest BCUT2D eigenvalue weighted by atomic mass is 35.5. The number of methoxy groups -OCH3 is 1. The molecule has 0 amide bonds. The summed E-state index contributed by atoms with van der Waals surface area (Å²) in [5, 5.41) is 0. The third kappa shape index (κ3) is 5.06. The number of ether oxygens (including phenoxy) is 2. The average molecular weight is 315 g/mol. The number of halogens is 1. The maximum atomic E-state index is 5.90. The van der Waals surface area contributed by atoms with E-state index in [0.717, 1.165) is 31.1 Å². The van der Waals surface area contributed by atoms with Gasteiger partial charge in [0.25, 0.3) is 0 Å². The Bertz CT molecular complexity index is 400. The van der Waals surface area contributed by atoms with Crippen LogP contribution in [0.5, 0.6) is 11.5 Å². The maximum absolute atomic E-state index is 5.90. The number of benzene rings is 1. The molecule has 2 N–H and O–H groups in total. The molecule has 1 heterocycles. The first kappa shape index (κ1) is 18.1. The van der Waals surface area contributed by atoms with E-state index in [0.29, 0.717) is 18.6 Å². The summed E-state index contributed by atoms with van der Waals surface area (Å²) in [4.78, 5) is 2.47. The van der Waals surface area contributed by atoms with Crippen molar-refractivity contribution >= 4 is 12.4 Å². The second-order valence-corrected chi connectivity index (χ2v) is 5.48. The average Bonchev–Trinajstić information content (AvgIpc) is 2.48. The van der Waals surface area contributed by atoms with Crippen molar-refractivity contribution in [2.45, 2.75) is 25.8 Å². The fourth-order valence-electron chi connectivity index (χ4n) is 2.95. The molecule has 4 nitrogen and oxygen atoms in total. The van der Waals surface area contributed by atoms with Gasteiger partial charge in [-0.1, -0.05) is 6.92 Å². The lowest BCUT2D eigenvalue weighted by atomic mass is 9.91. The van der Waals surface area contributed by atoms with Gasteiger partial charge in [0.15, 0.2) is 0 Å². The second-order valence-electron chi connectivity index (χ2n) is 5.48. The molecule has 1 aromatic rings. The van der Waals surface area contributed by atoms with Crippen molar-refractivity contribution in [1.29, 1.82) is 0 Å². The Morgan fingerprint density at radius 3 is 2.52 bits per heavy atom. The van der Waals surface area contributed by atoms with Crippen molar-refractivity contribution in [3.63, 3.8) is 0 Å². The molecular formula is C16H27ClN2O2. The topological polar surface area (TPSA) is 47.7 Å². The van der Waals surface area contributed by atoms with Gasteiger partial charge in [-0.2, -0.15) is 0 Å². The van der Waals surface area contributed by atoms with Crippen molar-refractivity contribution < 1.29 is 9.47 Å². The van der Waals surface area contributed by atoms with E-state index >= 15 is 0 Å². The minimum absolute atomic E-state index is 0. The number of nitrogens with two attached hydrogens (primary N) is 1. The van der Waals surface area contributed by atoms with Gasteiger partial charge in [0, 0.05) is 19.1 Å². The molecule has 21 heavy (non-hydrogen) atoms. The van der Waals surface area contributed by atoms with Crippen LogP contribution < -0.4 is 15.2 Å². The summed E-state index contributed by atoms with van der Waals surface area (Å²) in [5.74, 6) is 2.43. The SMILES string of the molecule is COc1ccc(OCCN2CCCC(C)C2CN)cc1.Cl. The number of nitrogens with zero attached hydrogens (tertiary/aromatic N) is 1. The summed E-state index contributed by atoms with van der Waals surface area (Å²) < 4.78 is 10.9. The quantitative estimate of drug-likeness (QED) is 0.876. The molecule has 0 spiro atoms. The lowest BCUT2D eigenvalue weighted by Crippen LogP contribution is -2.49. The first-order valence-electron chi connectivity index (χ1n) is 7.45. The van der Waals surface area contributed by atoms with Crippen molar-refractivity contribution in [1.82, 2.24) is 4.90 Å². The second kappa shape index (κ2) is 9.13. The Labute approximate surface area is 134 Å². The van der Waals surface area contributed by atoms with E-state index in [-0.39, 0.29) is 12.4 Å². The molecule has 0 saturated carbocycles. The lowest BCUT2D eigenvalue weighted by molar-refractivity contribution is 0.0895. The molecule has 5 heteroatoms. The third-order valence-electron chi connectivity index (χ3n) is 4.18. The van der Waals surface area contributed by atoms with Crippen LogP contribution in [-0.2, 0) is 0 Å². The van der Waals surface area contributed by atoms with Gasteiger partial charge in [-0.25, -0.2) is 0 Å². The first-order chi connectivity index (χ1) is 9.74. The van der Waals surface area contributed by atoms with Gasteiger partial charge < -0.3 is 15.2 Å². The molecule has 2 atom stereocenters. The molecular weight excluding hydrogens is 288 g/mol. The molecule has 0 aliphatic carbocycles. The van der Waals surface area contributed by atoms with Crippen LogP contribution in [0.15, 0.2) is 24.3 Å². The van der Waals surface area contributed by atoms with Crippen LogP contribution in [0.4, 0.5) is 0 Å². The standard InChI is InChI=1S/C16H26N2O2.ClH/c1-13-4-3-9-18(16(13)12-17)10-11-20-15-7-5-14(19-2)6-8-15;/h5-8,13,16H,3-4,9-12,17H2,1-2H3;1H. The molecule has 1 fully saturated rings. The van der Waals surface area contributed by atoms with E-state index < -0.39 is 0 Å². The highest BCUT2D eigenvalue weighted by Gasteiger charge is 2.26. The molecule has 1 aliphatic rings. The molecule has 1 aliphatic heterocycles. The summed E-state index contributed by atoms with van der Waals surface area (Å²) in [6, 6.07) is 8.22. The molecule has 120 valence electrons. The Morgan fingerprint density at radius 2 is 1.90 bits per heavy atom. The van der Waals surface area contributed by atoms with Crippen LogP contribution in [0, 0.1) is 5.92 Å². The molecule has 1 aromatic carbocycles. The van der Waals surface area contributed by atoms with E-state index in [9.17, 15) is 0 Å². The van der Waals surface area contributed by atoms with Gasteiger partial charge in [0.2, 0.25) is 0 Å². The lowest BCUT2D eigenvalue weighted by Gasteiger charge is -2.39. The number of rotatable bonds is 6. The Kier molecular flexibility index (Phi) is 7.86. The van der Waals surface area contributed by atoms with Crippen molar-refractivity contribution in [3.05, 3.63) is 24.3 Å². The predicted octanol–water partition coefficient (Wildman–Crippen LogP) is 2.56. The summed E-state index contributed by atoms with van der Waals surface area (Å²) >= 11 is 0. The van der Waals surface area contributed by atoms with Crippen molar-refractivity contribution in [3.8, 4) is 11.5 Å². The van der Waals surface area contributed by atoms with Gasteiger partial charge in [-0.05, 0) is 49.6 Å². The maximum Gasteiger partial charge on any atom is 0.119 e. The van der Waals surface area contributed by atoms with Crippen molar-refractivity contribution in [2.75, 3.05) is 33.4 Å². The van der Waals surface area contributed by atoms with Crippen LogP contribution >= 0.6 is 12.4 Å². The fourth-order valence-corrected chi connectivity index (χ4v) is 2.95. The number of hydrogen-bond acceptors (Lipinski definition) is 4. The highest BCUT2D eigenvalue weighted by molar-refractivity contribution is 5.85. The molecule has 2 unspecified atom stereocenters. The van der Waals surface area contributed by atoms with Gasteiger partial charge in [-0.15, -0.1) is 12.4 Å². The van der Waals surface area contributed by atoms with E-state index in [1.165, 1.54) is 12.8 Å². The molecule has 0 bridgehead atoms. The zero-order valence-electron chi connectivity index (χ0n) is 13.0. The van der Waals surface area contributed by atoms with Crippen LogP contribution in [-0.4, -0.2) is 44.3 Å². The third-order valence-corrected chi connectivity index (χ3v) is 4.18. The van der Waals surface area contributed by atoms with Crippen molar-refractivity contribution in [2.24, 2.45) is 11.7 Å². The molecule has 0 radical (unpaired) electrons. The number of likely N-dealkylation sites (tertiary alicyclic amines) is 1. The predicted molar refractivity (Wildman–Crippen MR) is 88.6 cm³/mol. The van der Waals surface area contributed by atoms with E-state index in [1.807, 2.05) is 24.3 Å². The fraction of sp³-hybridized carbons (Fsp3) is 0.625. The minimum Gasteiger partial charge on any atom is -0.497 e. The number of hydrogen-bond donors (Lipinski definition) is 1. The molecule has 1 saturated heterocycles. The number of piperidine rings is 1. The van der Waals surface area contributed by atoms with E-state index in [2.05, 4.69) is 11.8 Å². The smallest absolute Gasteiger partial charge is 0.119 e. The summed E-state index contributed by atoms with van der Waals surface area (Å²) in [6.45, 7) is 5.82. The van der Waals surface area contributed by atoms with Gasteiger partial charge in [0.05, 0.1) is 7.11 Å². The molecule has 2 rings (SSSR count). The normalized spacial score (nSPS) is 22.4. The minimum atomic E-state index is 0. The summed E-state index contributed by atoms with van der Waals surface area (Å²) in [6.07, 6.45) is 2.55. The van der Waals surface area contributed by atoms with Crippen LogP contribution in [0.3, 0.4) is 0 Å². The van der Waals surface area contributed by atoms with Gasteiger partial charge in [0.1, 0.15) is 18.1 Å². The summed E-state index contributed by atoms with van der Waals surface area (Å²) in [5.41, 5.74) is 5.90. The largest absolute Gasteiger partial charge is 0.497 e. The Balaban J connectivity index is 0.00000220.